The van der Waals surface area contributed by atoms with Crippen LogP contribution in [0.4, 0.5) is 0 Å². The van der Waals surface area contributed by atoms with Crippen LogP contribution in [0.1, 0.15) is 12.5 Å². The molecule has 0 unspecified atom stereocenters. The Labute approximate surface area is 80.0 Å². The van der Waals surface area contributed by atoms with Gasteiger partial charge in [0.2, 0.25) is 0 Å². The summed E-state index contributed by atoms with van der Waals surface area (Å²) in [5.74, 6) is 0. The van der Waals surface area contributed by atoms with E-state index in [1.807, 2.05) is 43.7 Å². The maximum atomic E-state index is 5.41. The average Bonchev–Trinajstić information content (AvgIpc) is 2.19. The van der Waals surface area contributed by atoms with E-state index in [0.717, 1.165) is 0 Å². The molecular formula is C12H15O. The van der Waals surface area contributed by atoms with Crippen LogP contribution in [-0.4, -0.2) is 6.61 Å². The zero-order valence-corrected chi connectivity index (χ0v) is 7.94. The smallest absolute Gasteiger partial charge is 0.0721 e. The van der Waals surface area contributed by atoms with E-state index in [1.165, 1.54) is 5.56 Å². The summed E-state index contributed by atoms with van der Waals surface area (Å²) in [5, 5.41) is 0. The summed E-state index contributed by atoms with van der Waals surface area (Å²) in [6.45, 7) is 3.36. The fraction of sp³-hybridized carbons (Fsp3) is 0.250. The second-order valence-corrected chi connectivity index (χ2v) is 2.76. The lowest BCUT2D eigenvalue weighted by Gasteiger charge is -2.00. The van der Waals surface area contributed by atoms with Gasteiger partial charge in [0.1, 0.15) is 0 Å². The predicted molar refractivity (Wildman–Crippen MR) is 55.2 cm³/mol. The molecule has 0 fully saturated rings. The minimum Gasteiger partial charge on any atom is -0.373 e. The zero-order valence-electron chi connectivity index (χ0n) is 7.94. The minimum absolute atomic E-state index is 0.680. The van der Waals surface area contributed by atoms with Crippen LogP contribution in [0, 0.1) is 6.42 Å². The number of benzene rings is 1. The highest BCUT2D eigenvalue weighted by Gasteiger charge is 1.88. The van der Waals surface area contributed by atoms with Crippen molar-refractivity contribution in [3.8, 4) is 0 Å². The van der Waals surface area contributed by atoms with E-state index in [2.05, 4.69) is 12.1 Å². The Kier molecular flexibility index (Phi) is 4.95. The second kappa shape index (κ2) is 6.44. The molecule has 1 aromatic carbocycles. The molecule has 69 valence electrons. The maximum absolute atomic E-state index is 5.41. The third kappa shape index (κ3) is 4.48. The SMILES string of the molecule is C[CH]C=CCOCc1ccccc1. The fourth-order valence-corrected chi connectivity index (χ4v) is 1.01. The van der Waals surface area contributed by atoms with E-state index in [1.54, 1.807) is 0 Å². The van der Waals surface area contributed by atoms with Crippen LogP contribution >= 0.6 is 0 Å². The molecule has 0 heterocycles. The van der Waals surface area contributed by atoms with Gasteiger partial charge in [0.05, 0.1) is 13.2 Å². The van der Waals surface area contributed by atoms with Gasteiger partial charge in [-0.2, -0.15) is 0 Å². The Morgan fingerprint density at radius 2 is 2.00 bits per heavy atom. The van der Waals surface area contributed by atoms with Crippen LogP contribution in [0.2, 0.25) is 0 Å². The van der Waals surface area contributed by atoms with Gasteiger partial charge in [0, 0.05) is 0 Å². The normalized spacial score (nSPS) is 10.8. The molecule has 0 amide bonds. The molecule has 1 aromatic rings. The first kappa shape index (κ1) is 10.0. The fourth-order valence-electron chi connectivity index (χ4n) is 1.01. The Balaban J connectivity index is 2.17. The van der Waals surface area contributed by atoms with E-state index in [9.17, 15) is 0 Å². The Bertz CT molecular complexity index is 239. The van der Waals surface area contributed by atoms with Crippen molar-refractivity contribution in [2.24, 2.45) is 0 Å². The number of allylic oxidation sites excluding steroid dienone is 1. The van der Waals surface area contributed by atoms with Gasteiger partial charge in [-0.25, -0.2) is 0 Å². The van der Waals surface area contributed by atoms with Crippen molar-refractivity contribution in [3.05, 3.63) is 54.5 Å². The molecule has 0 aliphatic carbocycles. The molecule has 1 rings (SSSR count). The van der Waals surface area contributed by atoms with Gasteiger partial charge in [-0.05, 0) is 12.0 Å². The van der Waals surface area contributed by atoms with Crippen molar-refractivity contribution >= 4 is 0 Å². The quantitative estimate of drug-likeness (QED) is 0.625. The summed E-state index contributed by atoms with van der Waals surface area (Å²) < 4.78 is 5.41. The van der Waals surface area contributed by atoms with Crippen molar-refractivity contribution in [2.75, 3.05) is 6.61 Å². The van der Waals surface area contributed by atoms with Crippen molar-refractivity contribution in [1.82, 2.24) is 0 Å². The summed E-state index contributed by atoms with van der Waals surface area (Å²) in [6, 6.07) is 10.2. The van der Waals surface area contributed by atoms with E-state index < -0.39 is 0 Å². The molecule has 0 spiro atoms. The first-order valence-corrected chi connectivity index (χ1v) is 4.49. The molecule has 0 aromatic heterocycles. The van der Waals surface area contributed by atoms with Gasteiger partial charge in [0.25, 0.3) is 0 Å². The molecule has 1 nitrogen and oxygen atoms in total. The molecule has 0 aliphatic rings. The number of hydrogen-bond acceptors (Lipinski definition) is 1. The van der Waals surface area contributed by atoms with E-state index in [0.29, 0.717) is 13.2 Å². The Morgan fingerprint density at radius 3 is 2.69 bits per heavy atom. The lowest BCUT2D eigenvalue weighted by Crippen LogP contribution is -1.91. The minimum atomic E-state index is 0.680. The van der Waals surface area contributed by atoms with Crippen LogP contribution in [0.25, 0.3) is 0 Å². The summed E-state index contributed by atoms with van der Waals surface area (Å²) >= 11 is 0. The summed E-state index contributed by atoms with van der Waals surface area (Å²) in [6.07, 6.45) is 5.99. The second-order valence-electron chi connectivity index (χ2n) is 2.76. The van der Waals surface area contributed by atoms with Crippen LogP contribution in [0.5, 0.6) is 0 Å². The van der Waals surface area contributed by atoms with Gasteiger partial charge in [-0.1, -0.05) is 49.4 Å². The van der Waals surface area contributed by atoms with Crippen molar-refractivity contribution in [3.63, 3.8) is 0 Å². The van der Waals surface area contributed by atoms with E-state index >= 15 is 0 Å². The monoisotopic (exact) mass is 175 g/mol. The average molecular weight is 175 g/mol. The lowest BCUT2D eigenvalue weighted by molar-refractivity contribution is 0.148. The molecule has 0 atom stereocenters. The van der Waals surface area contributed by atoms with Crippen LogP contribution in [0.15, 0.2) is 42.5 Å². The molecule has 0 saturated carbocycles. The highest BCUT2D eigenvalue weighted by atomic mass is 16.5. The predicted octanol–water partition coefficient (Wildman–Crippen LogP) is 2.98. The third-order valence-electron chi connectivity index (χ3n) is 1.65. The Hall–Kier alpha value is -1.08. The third-order valence-corrected chi connectivity index (χ3v) is 1.65. The highest BCUT2D eigenvalue weighted by Crippen LogP contribution is 1.99. The molecule has 0 saturated heterocycles. The van der Waals surface area contributed by atoms with Gasteiger partial charge in [0.15, 0.2) is 0 Å². The van der Waals surface area contributed by atoms with Gasteiger partial charge in [-0.15, -0.1) is 0 Å². The van der Waals surface area contributed by atoms with Crippen LogP contribution in [-0.2, 0) is 11.3 Å². The largest absolute Gasteiger partial charge is 0.373 e. The van der Waals surface area contributed by atoms with Crippen LogP contribution in [0.3, 0.4) is 0 Å². The number of hydrogen-bond donors (Lipinski definition) is 0. The lowest BCUT2D eigenvalue weighted by atomic mass is 10.2. The van der Waals surface area contributed by atoms with Crippen molar-refractivity contribution in [1.29, 1.82) is 0 Å². The standard InChI is InChI=1S/C12H15O/c1-2-3-7-10-13-11-12-8-5-4-6-9-12/h2-9H,10-11H2,1H3. The number of rotatable bonds is 5. The number of ether oxygens (including phenoxy) is 1. The van der Waals surface area contributed by atoms with Gasteiger partial charge in [-0.3, -0.25) is 0 Å². The summed E-state index contributed by atoms with van der Waals surface area (Å²) in [7, 11) is 0. The van der Waals surface area contributed by atoms with E-state index in [-0.39, 0.29) is 0 Å². The highest BCUT2D eigenvalue weighted by molar-refractivity contribution is 5.13. The topological polar surface area (TPSA) is 9.23 Å². The first-order valence-electron chi connectivity index (χ1n) is 4.49. The molecule has 13 heavy (non-hydrogen) atoms. The maximum Gasteiger partial charge on any atom is 0.0721 e. The summed E-state index contributed by atoms with van der Waals surface area (Å²) in [5.41, 5.74) is 1.22. The van der Waals surface area contributed by atoms with Crippen LogP contribution < -0.4 is 0 Å². The van der Waals surface area contributed by atoms with Gasteiger partial charge < -0.3 is 4.74 Å². The zero-order chi connectivity index (χ0) is 9.36. The summed E-state index contributed by atoms with van der Waals surface area (Å²) in [4.78, 5) is 0. The molecule has 0 aliphatic heterocycles. The molecule has 1 radical (unpaired) electrons. The molecule has 0 N–H and O–H groups in total. The molecular weight excluding hydrogens is 160 g/mol. The molecule has 1 heteroatoms. The Morgan fingerprint density at radius 1 is 1.23 bits per heavy atom. The van der Waals surface area contributed by atoms with E-state index in [4.69, 9.17) is 4.74 Å². The first-order chi connectivity index (χ1) is 6.43. The molecule has 0 bridgehead atoms. The van der Waals surface area contributed by atoms with Gasteiger partial charge >= 0.3 is 0 Å². The van der Waals surface area contributed by atoms with Crippen molar-refractivity contribution in [2.45, 2.75) is 13.5 Å². The van der Waals surface area contributed by atoms with Crippen molar-refractivity contribution < 1.29 is 4.74 Å².